The van der Waals surface area contributed by atoms with Crippen LogP contribution in [0.3, 0.4) is 0 Å². The van der Waals surface area contributed by atoms with Gasteiger partial charge in [-0.25, -0.2) is 0 Å². The van der Waals surface area contributed by atoms with Crippen molar-refractivity contribution in [3.8, 4) is 0 Å². The molecule has 0 atom stereocenters. The number of hydrogen-bond donors (Lipinski definition) is 1. The molecule has 1 rings (SSSR count). The molecule has 86 valence electrons. The number of hydrogen-bond acceptors (Lipinski definition) is 2. The van der Waals surface area contributed by atoms with Crippen LogP contribution in [0.1, 0.15) is 20.8 Å². The van der Waals surface area contributed by atoms with Gasteiger partial charge in [0.25, 0.3) is 0 Å². The Kier molecular flexibility index (Phi) is 4.62. The maximum Gasteiger partial charge on any atom is 0.234 e. The normalized spacial score (nSPS) is 22.4. The molecule has 0 radical (unpaired) electrons. The van der Waals surface area contributed by atoms with E-state index in [9.17, 15) is 4.79 Å². The maximum atomic E-state index is 11.2. The van der Waals surface area contributed by atoms with Crippen molar-refractivity contribution in [2.45, 2.75) is 20.8 Å². The fraction of sp³-hybridized carbons (Fsp3) is 0.308. The summed E-state index contributed by atoms with van der Waals surface area (Å²) >= 11 is 1.56. The molecule has 0 saturated carbocycles. The average Bonchev–Trinajstić information content (AvgIpc) is 2.26. The number of amides is 1. The first-order valence-corrected chi connectivity index (χ1v) is 6.17. The predicted molar refractivity (Wildman–Crippen MR) is 71.0 cm³/mol. The lowest BCUT2D eigenvalue weighted by Gasteiger charge is -2.17. The van der Waals surface area contributed by atoms with E-state index in [4.69, 9.17) is 0 Å². The fourth-order valence-corrected chi connectivity index (χ4v) is 2.01. The minimum atomic E-state index is 0.0656. The number of carbonyl (C=O) groups excluding carboxylic acids is 1. The van der Waals surface area contributed by atoms with Crippen LogP contribution in [0.2, 0.25) is 0 Å². The van der Waals surface area contributed by atoms with Crippen LogP contribution in [0.25, 0.3) is 0 Å². The molecule has 1 N–H and O–H groups in total. The van der Waals surface area contributed by atoms with Gasteiger partial charge >= 0.3 is 0 Å². The van der Waals surface area contributed by atoms with Gasteiger partial charge in [-0.05, 0) is 32.4 Å². The van der Waals surface area contributed by atoms with Crippen molar-refractivity contribution in [2.24, 2.45) is 0 Å². The monoisotopic (exact) mass is 235 g/mol. The summed E-state index contributed by atoms with van der Waals surface area (Å²) in [6.07, 6.45) is 5.98. The first kappa shape index (κ1) is 12.8. The highest BCUT2D eigenvalue weighted by Crippen LogP contribution is 2.26. The van der Waals surface area contributed by atoms with Gasteiger partial charge in [-0.2, -0.15) is 0 Å². The van der Waals surface area contributed by atoms with Crippen LogP contribution < -0.4 is 5.32 Å². The zero-order valence-corrected chi connectivity index (χ0v) is 10.8. The summed E-state index contributed by atoms with van der Waals surface area (Å²) in [4.78, 5) is 12.3. The van der Waals surface area contributed by atoms with Gasteiger partial charge in [-0.15, -0.1) is 11.8 Å². The third-order valence-corrected chi connectivity index (χ3v) is 3.42. The van der Waals surface area contributed by atoms with E-state index in [1.807, 2.05) is 39.0 Å². The Labute approximate surface area is 101 Å². The second-order valence-electron chi connectivity index (χ2n) is 3.70. The van der Waals surface area contributed by atoms with Gasteiger partial charge < -0.3 is 5.32 Å². The summed E-state index contributed by atoms with van der Waals surface area (Å²) in [7, 11) is 0. The lowest BCUT2D eigenvalue weighted by Crippen LogP contribution is -2.29. The zero-order valence-electron chi connectivity index (χ0n) is 9.96. The molecule has 0 aromatic rings. The molecule has 1 aliphatic rings. The third kappa shape index (κ3) is 3.42. The Morgan fingerprint density at radius 2 is 2.19 bits per heavy atom. The van der Waals surface area contributed by atoms with Crippen molar-refractivity contribution in [2.75, 3.05) is 5.75 Å². The molecular formula is C13H17NOS. The van der Waals surface area contributed by atoms with E-state index < -0.39 is 0 Å². The third-order valence-electron chi connectivity index (χ3n) is 2.34. The Morgan fingerprint density at radius 1 is 1.50 bits per heavy atom. The smallest absolute Gasteiger partial charge is 0.234 e. The number of rotatable bonds is 2. The van der Waals surface area contributed by atoms with Gasteiger partial charge in [0, 0.05) is 4.91 Å². The summed E-state index contributed by atoms with van der Waals surface area (Å²) < 4.78 is 0. The van der Waals surface area contributed by atoms with Gasteiger partial charge in [-0.1, -0.05) is 24.3 Å². The van der Waals surface area contributed by atoms with E-state index in [1.165, 1.54) is 0 Å². The van der Waals surface area contributed by atoms with Gasteiger partial charge in [0.05, 0.1) is 11.4 Å². The number of nitrogens with one attached hydrogen (secondary N) is 1. The van der Waals surface area contributed by atoms with Crippen LogP contribution in [0.4, 0.5) is 0 Å². The topological polar surface area (TPSA) is 29.1 Å². The minimum absolute atomic E-state index is 0.0656. The highest BCUT2D eigenvalue weighted by Gasteiger charge is 2.16. The highest BCUT2D eigenvalue weighted by atomic mass is 32.2. The molecule has 1 saturated heterocycles. The molecule has 0 spiro atoms. The first-order valence-electron chi connectivity index (χ1n) is 5.18. The summed E-state index contributed by atoms with van der Waals surface area (Å²) in [6.45, 7) is 9.81. The Morgan fingerprint density at radius 3 is 2.75 bits per heavy atom. The molecule has 1 fully saturated rings. The standard InChI is InChI=1S/C13H17NOS/c1-5-11-12(16-8-13(15)14-11)7-6-10(4)9(2)3/h5-7H,2,8H2,1,3-4H3,(H,14,15)/b10-6+,11-5?,12-7+. The predicted octanol–water partition coefficient (Wildman–Crippen LogP) is 3.16. The van der Waals surface area contributed by atoms with E-state index in [0.717, 1.165) is 21.7 Å². The van der Waals surface area contributed by atoms with Crippen LogP contribution in [0.5, 0.6) is 0 Å². The van der Waals surface area contributed by atoms with Crippen LogP contribution >= 0.6 is 11.8 Å². The minimum Gasteiger partial charge on any atom is -0.325 e. The molecular weight excluding hydrogens is 218 g/mol. The summed E-state index contributed by atoms with van der Waals surface area (Å²) in [5.41, 5.74) is 3.11. The quantitative estimate of drug-likeness (QED) is 0.745. The van der Waals surface area contributed by atoms with Crippen molar-refractivity contribution >= 4 is 17.7 Å². The van der Waals surface area contributed by atoms with Crippen LogP contribution in [0.15, 0.2) is 46.6 Å². The van der Waals surface area contributed by atoms with Gasteiger partial charge in [0.15, 0.2) is 0 Å². The van der Waals surface area contributed by atoms with Crippen molar-refractivity contribution in [3.63, 3.8) is 0 Å². The lowest BCUT2D eigenvalue weighted by molar-refractivity contribution is -0.117. The lowest BCUT2D eigenvalue weighted by atomic mass is 10.1. The van der Waals surface area contributed by atoms with Gasteiger partial charge in [-0.3, -0.25) is 4.79 Å². The molecule has 1 aliphatic heterocycles. The summed E-state index contributed by atoms with van der Waals surface area (Å²) in [5, 5.41) is 2.85. The zero-order chi connectivity index (χ0) is 12.1. The van der Waals surface area contributed by atoms with E-state index in [1.54, 1.807) is 11.8 Å². The summed E-state index contributed by atoms with van der Waals surface area (Å²) in [5.74, 6) is 0.555. The molecule has 16 heavy (non-hydrogen) atoms. The molecule has 0 unspecified atom stereocenters. The number of allylic oxidation sites excluding steroid dienone is 5. The molecule has 3 heteroatoms. The number of carbonyl (C=O) groups is 1. The van der Waals surface area contributed by atoms with E-state index in [2.05, 4.69) is 11.9 Å². The Hall–Kier alpha value is -1.22. The highest BCUT2D eigenvalue weighted by molar-refractivity contribution is 8.04. The van der Waals surface area contributed by atoms with Gasteiger partial charge in [0.1, 0.15) is 0 Å². The largest absolute Gasteiger partial charge is 0.325 e. The fourth-order valence-electron chi connectivity index (χ4n) is 1.16. The van der Waals surface area contributed by atoms with Crippen LogP contribution in [0, 0.1) is 0 Å². The van der Waals surface area contributed by atoms with E-state index in [0.29, 0.717) is 5.75 Å². The summed E-state index contributed by atoms with van der Waals surface area (Å²) in [6, 6.07) is 0. The first-order chi connectivity index (χ1) is 7.54. The van der Waals surface area contributed by atoms with Gasteiger partial charge in [0.2, 0.25) is 5.91 Å². The molecule has 0 aliphatic carbocycles. The average molecular weight is 235 g/mol. The van der Waals surface area contributed by atoms with Crippen LogP contribution in [-0.4, -0.2) is 11.7 Å². The molecule has 1 amide bonds. The second-order valence-corrected chi connectivity index (χ2v) is 4.72. The molecule has 2 nitrogen and oxygen atoms in total. The Bertz CT molecular complexity index is 402. The molecule has 1 heterocycles. The molecule has 0 bridgehead atoms. The molecule has 0 aromatic heterocycles. The number of thioether (sulfide) groups is 1. The Balaban J connectivity index is 2.87. The van der Waals surface area contributed by atoms with Crippen molar-refractivity contribution in [1.82, 2.24) is 5.32 Å². The van der Waals surface area contributed by atoms with Crippen molar-refractivity contribution < 1.29 is 4.79 Å². The van der Waals surface area contributed by atoms with E-state index >= 15 is 0 Å². The SMILES string of the molecule is C=C(C)/C(C)=C/C=C1/SCC(=O)NC1=CC. The maximum absolute atomic E-state index is 11.2. The molecule has 0 aromatic carbocycles. The van der Waals surface area contributed by atoms with Crippen molar-refractivity contribution in [1.29, 1.82) is 0 Å². The van der Waals surface area contributed by atoms with Crippen LogP contribution in [-0.2, 0) is 4.79 Å². The second kappa shape index (κ2) is 5.75. The van der Waals surface area contributed by atoms with Crippen molar-refractivity contribution in [3.05, 3.63) is 46.6 Å². The van der Waals surface area contributed by atoms with E-state index in [-0.39, 0.29) is 5.91 Å².